The number of ether oxygens (including phenoxy) is 7. The van der Waals surface area contributed by atoms with E-state index in [4.69, 9.17) is 49.6 Å². The topological polar surface area (TPSA) is 279 Å². The SMILES string of the molecule is COc1cc2cc(c1Cl)N(C)C(=O)[C@H](OC(=O)[C@H](C)N(C)C(=O)CCSC(=O)N(C)CCN(C)C(=O)OC1/C=C/CC(OCC(=O)ON3C(=O)CCC3=O)CCC1)[C@]1(C)OC1[C@H](C)[C@@H]1C[C@@](O)(NC(=O)O1)[C@H](OC)/C=C/C=C(\C)C2. The van der Waals surface area contributed by atoms with E-state index in [9.17, 15) is 48.3 Å². The highest BCUT2D eigenvalue weighted by molar-refractivity contribution is 8.13. The lowest BCUT2D eigenvalue weighted by Crippen LogP contribution is -2.63. The summed E-state index contributed by atoms with van der Waals surface area (Å²) < 4.78 is 40.6. The molecule has 0 radical (unpaired) electrons. The summed E-state index contributed by atoms with van der Waals surface area (Å²) >= 11 is 7.73. The molecule has 0 aromatic heterocycles. The lowest BCUT2D eigenvalue weighted by Gasteiger charge is -2.42. The third-order valence-corrected chi connectivity index (χ3v) is 16.1. The van der Waals surface area contributed by atoms with Gasteiger partial charge in [-0.25, -0.2) is 19.2 Å². The second-order valence-electron chi connectivity index (χ2n) is 20.7. The van der Waals surface area contributed by atoms with Gasteiger partial charge < -0.3 is 62.7 Å². The maximum atomic E-state index is 14.9. The van der Waals surface area contributed by atoms with E-state index in [1.54, 1.807) is 57.3 Å². The Kier molecular flexibility index (Phi) is 21.6. The minimum Gasteiger partial charge on any atom is -0.495 e. The zero-order valence-electron chi connectivity index (χ0n) is 46.8. The standard InChI is InChI=1S/C54H73ClN6O18S/c1-31-14-11-19-40(73-10)54(71)29-39(76-50(68)56-54)32(2)46-53(4,78-46)47(48(66)60(8)37-27-34(26-31)28-38(72-9)45(37)55)77-49(67)33(3)59(7)41(62)22-25-80-52(70)58(6)24-23-57(5)51(69)75-36-17-12-15-35(16-13-18-36)74-30-44(65)79-61-42(63)20-21-43(61)64/h11-12,14,17,19,27-28,32-33,35-36,39-40,46-47,71H,13,15-16,18,20-26,29-30H2,1-10H3,(H,56,68)/b17-12+,19-11+,31-14+/t32-,33+,35?,36?,39+,40-,46?,47+,53-,54+/m1/s1. The van der Waals surface area contributed by atoms with Crippen molar-refractivity contribution in [2.24, 2.45) is 5.92 Å². The number of rotatable bonds is 16. The molecule has 1 aromatic carbocycles. The molecule has 2 N–H and O–H groups in total. The zero-order chi connectivity index (χ0) is 58.8. The third kappa shape index (κ3) is 15.6. The van der Waals surface area contributed by atoms with Crippen molar-refractivity contribution in [3.63, 3.8) is 0 Å². The number of carbonyl (C=O) groups excluding carboxylic acids is 9. The van der Waals surface area contributed by atoms with Crippen molar-refractivity contribution in [2.75, 3.05) is 72.8 Å². The number of likely N-dealkylation sites (N-methyl/N-ethyl adjacent to an activating group) is 4. The Labute approximate surface area is 474 Å². The van der Waals surface area contributed by atoms with E-state index in [1.807, 2.05) is 13.0 Å². The Morgan fingerprint density at radius 3 is 2.39 bits per heavy atom. The van der Waals surface area contributed by atoms with Gasteiger partial charge in [-0.3, -0.25) is 29.3 Å². The van der Waals surface area contributed by atoms with Gasteiger partial charge in [0, 0.05) is 85.7 Å². The van der Waals surface area contributed by atoms with E-state index < -0.39 is 108 Å². The van der Waals surface area contributed by atoms with Crippen LogP contribution in [-0.2, 0) is 68.4 Å². The van der Waals surface area contributed by atoms with Gasteiger partial charge in [-0.1, -0.05) is 60.2 Å². The van der Waals surface area contributed by atoms with E-state index in [1.165, 1.54) is 57.0 Å². The van der Waals surface area contributed by atoms with Crippen molar-refractivity contribution in [1.29, 1.82) is 0 Å². The predicted octanol–water partition coefficient (Wildman–Crippen LogP) is 4.86. The summed E-state index contributed by atoms with van der Waals surface area (Å²) in [6.07, 6.45) is 3.93. The maximum absolute atomic E-state index is 14.9. The van der Waals surface area contributed by atoms with Crippen molar-refractivity contribution in [3.8, 4) is 5.75 Å². The fourth-order valence-electron chi connectivity index (χ4n) is 9.64. The molecule has 440 valence electrons. The van der Waals surface area contributed by atoms with Crippen LogP contribution < -0.4 is 15.0 Å². The number of benzene rings is 1. The van der Waals surface area contributed by atoms with Crippen LogP contribution in [0.3, 0.4) is 0 Å². The van der Waals surface area contributed by atoms with Gasteiger partial charge in [-0.15, -0.1) is 5.06 Å². The number of thioether (sulfide) groups is 1. The van der Waals surface area contributed by atoms with Crippen LogP contribution in [-0.4, -0.2) is 200 Å². The molecule has 3 saturated heterocycles. The molecule has 26 heteroatoms. The second kappa shape index (κ2) is 27.5. The predicted molar refractivity (Wildman–Crippen MR) is 289 cm³/mol. The monoisotopic (exact) mass is 1160 g/mol. The number of epoxide rings is 1. The van der Waals surface area contributed by atoms with Crippen molar-refractivity contribution < 1.29 is 86.3 Å². The number of halogens is 1. The Morgan fingerprint density at radius 2 is 1.70 bits per heavy atom. The minimum absolute atomic E-state index is 0.0129. The van der Waals surface area contributed by atoms with Gasteiger partial charge >= 0.3 is 24.1 Å². The molecule has 3 fully saturated rings. The lowest BCUT2D eigenvalue weighted by molar-refractivity contribution is -0.201. The van der Waals surface area contributed by atoms with Crippen LogP contribution in [0.4, 0.5) is 20.1 Å². The molecular weight excluding hydrogens is 1090 g/mol. The molecule has 80 heavy (non-hydrogen) atoms. The summed E-state index contributed by atoms with van der Waals surface area (Å²) in [5.41, 5.74) is -1.59. The molecule has 0 spiro atoms. The number of hydroxylamine groups is 2. The highest BCUT2D eigenvalue weighted by Crippen LogP contribution is 2.49. The molecule has 4 bridgehead atoms. The van der Waals surface area contributed by atoms with Gasteiger partial charge in [-0.05, 0) is 76.6 Å². The number of nitrogens with one attached hydrogen (secondary N) is 1. The molecule has 4 aliphatic heterocycles. The normalized spacial score (nSPS) is 28.8. The fraction of sp³-hybridized carbons (Fsp3) is 0.611. The first-order valence-corrected chi connectivity index (χ1v) is 27.7. The first kappa shape index (κ1) is 62.9. The van der Waals surface area contributed by atoms with E-state index >= 15 is 0 Å². The van der Waals surface area contributed by atoms with Crippen LogP contribution in [0, 0.1) is 5.92 Å². The Balaban J connectivity index is 1.02. The number of fused-ring (bicyclic) bond motifs is 5. The molecule has 0 saturated carbocycles. The van der Waals surface area contributed by atoms with Gasteiger partial charge in [0.25, 0.3) is 23.0 Å². The average Bonchev–Trinajstić information content (AvgIpc) is 4.21. The highest BCUT2D eigenvalue weighted by atomic mass is 35.5. The fourth-order valence-corrected chi connectivity index (χ4v) is 10.7. The highest BCUT2D eigenvalue weighted by Gasteiger charge is 2.66. The van der Waals surface area contributed by atoms with Gasteiger partial charge in [0.05, 0.1) is 25.0 Å². The summed E-state index contributed by atoms with van der Waals surface area (Å²) in [7, 11) is 8.80. The van der Waals surface area contributed by atoms with Gasteiger partial charge in [0.15, 0.2) is 5.72 Å². The Hall–Kier alpha value is -6.25. The summed E-state index contributed by atoms with van der Waals surface area (Å²) in [5, 5.41) is 14.5. The molecule has 3 unspecified atom stereocenters. The molecule has 7 amide bonds. The molecule has 1 aromatic rings. The number of anilines is 1. The molecular formula is C54H73ClN6O18S. The van der Waals surface area contributed by atoms with Gasteiger partial charge in [-0.2, -0.15) is 0 Å². The zero-order valence-corrected chi connectivity index (χ0v) is 48.3. The largest absolute Gasteiger partial charge is 0.495 e. The summed E-state index contributed by atoms with van der Waals surface area (Å²) in [4.78, 5) is 127. The van der Waals surface area contributed by atoms with Crippen LogP contribution in [0.2, 0.25) is 5.02 Å². The second-order valence-corrected chi connectivity index (χ2v) is 22.2. The van der Waals surface area contributed by atoms with E-state index in [0.717, 1.165) is 27.8 Å². The number of nitrogens with zero attached hydrogens (tertiary/aromatic N) is 5. The quantitative estimate of drug-likeness (QED) is 0.0735. The van der Waals surface area contributed by atoms with Gasteiger partial charge in [0.1, 0.15) is 47.3 Å². The van der Waals surface area contributed by atoms with Gasteiger partial charge in [0.2, 0.25) is 12.0 Å². The molecule has 6 rings (SSSR count). The number of aliphatic hydroxyl groups is 1. The molecule has 10 atom stereocenters. The number of imide groups is 1. The first-order valence-electron chi connectivity index (χ1n) is 26.3. The molecule has 5 aliphatic rings. The first-order chi connectivity index (χ1) is 37.8. The van der Waals surface area contributed by atoms with E-state index in [0.29, 0.717) is 37.2 Å². The summed E-state index contributed by atoms with van der Waals surface area (Å²) in [6.45, 7) is 6.46. The number of allylic oxidation sites excluding steroid dienone is 3. The number of carbonyl (C=O) groups is 9. The van der Waals surface area contributed by atoms with Crippen LogP contribution in [0.15, 0.2) is 48.1 Å². The number of amides is 7. The number of hydrogen-bond donors (Lipinski definition) is 2. The smallest absolute Gasteiger partial charge is 0.410 e. The van der Waals surface area contributed by atoms with Crippen molar-refractivity contribution in [2.45, 2.75) is 139 Å². The number of alkyl carbamates (subject to hydrolysis) is 1. The average molecular weight is 1160 g/mol. The van der Waals surface area contributed by atoms with Crippen molar-refractivity contribution >= 4 is 82.0 Å². The van der Waals surface area contributed by atoms with E-state index in [2.05, 4.69) is 5.32 Å². The Morgan fingerprint density at radius 1 is 1.00 bits per heavy atom. The molecule has 24 nitrogen and oxygen atoms in total. The molecule has 4 heterocycles. The van der Waals surface area contributed by atoms with Crippen LogP contribution in [0.1, 0.15) is 84.6 Å². The lowest BCUT2D eigenvalue weighted by atomic mass is 9.84. The summed E-state index contributed by atoms with van der Waals surface area (Å²) in [5.74, 6) is -4.55. The number of methoxy groups -OCH3 is 2. The van der Waals surface area contributed by atoms with Crippen LogP contribution in [0.25, 0.3) is 0 Å². The van der Waals surface area contributed by atoms with Crippen molar-refractivity contribution in [1.82, 2.24) is 25.1 Å². The minimum atomic E-state index is -1.91. The number of esters is 1. The third-order valence-electron chi connectivity index (χ3n) is 14.8. The van der Waals surface area contributed by atoms with Crippen molar-refractivity contribution in [3.05, 3.63) is 58.7 Å². The number of hydrogen-bond acceptors (Lipinski definition) is 19. The van der Waals surface area contributed by atoms with Crippen LogP contribution >= 0.6 is 23.4 Å². The van der Waals surface area contributed by atoms with Crippen LogP contribution in [0.5, 0.6) is 5.75 Å². The van der Waals surface area contributed by atoms with E-state index in [-0.39, 0.29) is 72.3 Å². The Bertz CT molecular complexity index is 2600. The maximum Gasteiger partial charge on any atom is 0.410 e. The summed E-state index contributed by atoms with van der Waals surface area (Å²) in [6, 6.07) is 2.22. The molecule has 1 aliphatic carbocycles.